The molecule has 0 aliphatic carbocycles. The second kappa shape index (κ2) is 6.93. The molecule has 0 N–H and O–H groups in total. The summed E-state index contributed by atoms with van der Waals surface area (Å²) >= 11 is 0. The molecule has 3 rings (SSSR count). The van der Waals surface area contributed by atoms with Crippen LogP contribution >= 0.6 is 0 Å². The van der Waals surface area contributed by atoms with Gasteiger partial charge in [0.05, 0.1) is 14.2 Å². The third-order valence-corrected chi connectivity index (χ3v) is 3.82. The van der Waals surface area contributed by atoms with E-state index in [0.29, 0.717) is 22.6 Å². The van der Waals surface area contributed by atoms with Crippen molar-refractivity contribution >= 4 is 17.3 Å². The van der Waals surface area contributed by atoms with Crippen LogP contribution in [0.3, 0.4) is 0 Å². The molecule has 0 aromatic heterocycles. The van der Waals surface area contributed by atoms with Gasteiger partial charge in [-0.2, -0.15) is 5.26 Å². The van der Waals surface area contributed by atoms with Gasteiger partial charge in [0, 0.05) is 16.7 Å². The Morgan fingerprint density at radius 1 is 1.08 bits per heavy atom. The molecule has 1 heterocycles. The van der Waals surface area contributed by atoms with Gasteiger partial charge in [0.1, 0.15) is 28.9 Å². The fourth-order valence-corrected chi connectivity index (χ4v) is 2.56. The summed E-state index contributed by atoms with van der Waals surface area (Å²) < 4.78 is 15.9. The number of para-hydroxylation sites is 1. The number of carbonyl (C=O) groups is 1. The van der Waals surface area contributed by atoms with Crippen LogP contribution < -0.4 is 9.47 Å². The van der Waals surface area contributed by atoms with Crippen molar-refractivity contribution in [1.29, 1.82) is 5.26 Å². The van der Waals surface area contributed by atoms with Crippen LogP contribution in [0.2, 0.25) is 0 Å². The second-order valence-electron chi connectivity index (χ2n) is 5.23. The number of allylic oxidation sites excluding steroid dienone is 2. The van der Waals surface area contributed by atoms with Gasteiger partial charge < -0.3 is 14.2 Å². The lowest BCUT2D eigenvalue weighted by molar-refractivity contribution is -0.135. The number of nitriles is 1. The van der Waals surface area contributed by atoms with Gasteiger partial charge >= 0.3 is 5.97 Å². The molecule has 5 nitrogen and oxygen atoms in total. The highest BCUT2D eigenvalue weighted by Gasteiger charge is 2.24. The number of hydrogen-bond acceptors (Lipinski definition) is 5. The highest BCUT2D eigenvalue weighted by Crippen LogP contribution is 2.38. The Hall–Kier alpha value is -3.52. The van der Waals surface area contributed by atoms with Crippen molar-refractivity contribution in [1.82, 2.24) is 0 Å². The van der Waals surface area contributed by atoms with E-state index in [1.165, 1.54) is 7.11 Å². The molecule has 0 fully saturated rings. The number of benzene rings is 2. The number of carbonyl (C=O) groups excluding carboxylic acids is 1. The van der Waals surface area contributed by atoms with E-state index in [1.807, 2.05) is 42.5 Å². The molecule has 5 heteroatoms. The fraction of sp³-hybridized carbons (Fsp3) is 0.100. The standard InChI is InChI=1S/C20H15NO4/c1-23-14-9-7-13(8-10-14)19-11-16(17(12-21)20(22)24-2)15-5-3-4-6-18(15)25-19/h3-11H,1-2H3/b17-16-. The van der Waals surface area contributed by atoms with E-state index >= 15 is 0 Å². The molecule has 0 atom stereocenters. The lowest BCUT2D eigenvalue weighted by Crippen LogP contribution is -2.10. The second-order valence-corrected chi connectivity index (χ2v) is 5.23. The van der Waals surface area contributed by atoms with Gasteiger partial charge in [-0.3, -0.25) is 0 Å². The first-order valence-electron chi connectivity index (χ1n) is 7.54. The van der Waals surface area contributed by atoms with Crippen LogP contribution in [0.25, 0.3) is 11.3 Å². The quantitative estimate of drug-likeness (QED) is 0.488. The molecule has 1 aliphatic rings. The summed E-state index contributed by atoms with van der Waals surface area (Å²) in [4.78, 5) is 12.0. The Kier molecular flexibility index (Phi) is 4.53. The molecule has 0 saturated carbocycles. The summed E-state index contributed by atoms with van der Waals surface area (Å²) in [5.74, 6) is 1.15. The zero-order valence-corrected chi connectivity index (χ0v) is 13.8. The third-order valence-electron chi connectivity index (χ3n) is 3.82. The van der Waals surface area contributed by atoms with E-state index in [0.717, 1.165) is 11.3 Å². The van der Waals surface area contributed by atoms with Crippen molar-refractivity contribution in [2.24, 2.45) is 0 Å². The van der Waals surface area contributed by atoms with Crippen LogP contribution in [-0.4, -0.2) is 20.2 Å². The minimum absolute atomic E-state index is 0.0655. The molecule has 0 unspecified atom stereocenters. The van der Waals surface area contributed by atoms with Crippen LogP contribution in [0, 0.1) is 11.3 Å². The Labute approximate surface area is 145 Å². The molecule has 25 heavy (non-hydrogen) atoms. The number of nitrogens with zero attached hydrogens (tertiary/aromatic N) is 1. The normalized spacial score (nSPS) is 14.4. The molecule has 2 aromatic rings. The van der Waals surface area contributed by atoms with Crippen molar-refractivity contribution in [3.05, 3.63) is 71.3 Å². The summed E-state index contributed by atoms with van der Waals surface area (Å²) in [7, 11) is 2.84. The molecular weight excluding hydrogens is 318 g/mol. The topological polar surface area (TPSA) is 68.6 Å². The van der Waals surface area contributed by atoms with E-state index in [1.54, 1.807) is 25.3 Å². The lowest BCUT2D eigenvalue weighted by atomic mass is 9.95. The van der Waals surface area contributed by atoms with Crippen LogP contribution in [-0.2, 0) is 9.53 Å². The van der Waals surface area contributed by atoms with Crippen LogP contribution in [0.4, 0.5) is 0 Å². The van der Waals surface area contributed by atoms with Crippen LogP contribution in [0.1, 0.15) is 11.1 Å². The van der Waals surface area contributed by atoms with Crippen molar-refractivity contribution < 1.29 is 19.0 Å². The van der Waals surface area contributed by atoms with Gasteiger partial charge in [0.25, 0.3) is 0 Å². The maximum atomic E-state index is 12.0. The van der Waals surface area contributed by atoms with Crippen LogP contribution in [0.15, 0.2) is 60.2 Å². The number of esters is 1. The van der Waals surface area contributed by atoms with Crippen LogP contribution in [0.5, 0.6) is 11.5 Å². The minimum atomic E-state index is -0.681. The molecule has 0 amide bonds. The summed E-state index contributed by atoms with van der Waals surface area (Å²) in [6, 6.07) is 16.5. The van der Waals surface area contributed by atoms with E-state index < -0.39 is 5.97 Å². The highest BCUT2D eigenvalue weighted by atomic mass is 16.5. The first kappa shape index (κ1) is 16.3. The SMILES string of the molecule is COC(=O)/C(C#N)=C1/C=C(c2ccc(OC)cc2)Oc2ccccc21. The third kappa shape index (κ3) is 3.10. The van der Waals surface area contributed by atoms with E-state index in [2.05, 4.69) is 0 Å². The number of ether oxygens (including phenoxy) is 3. The molecule has 0 spiro atoms. The number of hydrogen-bond donors (Lipinski definition) is 0. The van der Waals surface area contributed by atoms with Gasteiger partial charge in [-0.25, -0.2) is 4.79 Å². The Balaban J connectivity index is 2.17. The molecule has 0 bridgehead atoms. The van der Waals surface area contributed by atoms with E-state index in [9.17, 15) is 10.1 Å². The summed E-state index contributed by atoms with van der Waals surface area (Å²) in [6.45, 7) is 0. The van der Waals surface area contributed by atoms with Crippen molar-refractivity contribution in [2.75, 3.05) is 14.2 Å². The number of fused-ring (bicyclic) bond motifs is 1. The zero-order chi connectivity index (χ0) is 17.8. The molecule has 0 saturated heterocycles. The minimum Gasteiger partial charge on any atom is -0.497 e. The Bertz CT molecular complexity index is 917. The highest BCUT2D eigenvalue weighted by molar-refractivity contribution is 6.06. The van der Waals surface area contributed by atoms with Crippen molar-refractivity contribution in [2.45, 2.75) is 0 Å². The van der Waals surface area contributed by atoms with Gasteiger partial charge in [-0.1, -0.05) is 18.2 Å². The number of methoxy groups -OCH3 is 2. The fourth-order valence-electron chi connectivity index (χ4n) is 2.56. The van der Waals surface area contributed by atoms with E-state index in [4.69, 9.17) is 14.2 Å². The first-order chi connectivity index (χ1) is 12.2. The van der Waals surface area contributed by atoms with Gasteiger partial charge in [-0.15, -0.1) is 0 Å². The molecule has 2 aromatic carbocycles. The lowest BCUT2D eigenvalue weighted by Gasteiger charge is -2.21. The first-order valence-corrected chi connectivity index (χ1v) is 7.54. The van der Waals surface area contributed by atoms with Gasteiger partial charge in [0.2, 0.25) is 0 Å². The monoisotopic (exact) mass is 333 g/mol. The molecular formula is C20H15NO4. The largest absolute Gasteiger partial charge is 0.497 e. The van der Waals surface area contributed by atoms with E-state index in [-0.39, 0.29) is 5.57 Å². The van der Waals surface area contributed by atoms with Gasteiger partial charge in [-0.05, 0) is 36.4 Å². The average molecular weight is 333 g/mol. The maximum absolute atomic E-state index is 12.0. The predicted molar refractivity (Wildman–Crippen MR) is 92.6 cm³/mol. The Morgan fingerprint density at radius 3 is 2.44 bits per heavy atom. The summed E-state index contributed by atoms with van der Waals surface area (Å²) in [6.07, 6.45) is 1.68. The zero-order valence-electron chi connectivity index (χ0n) is 13.8. The Morgan fingerprint density at radius 2 is 1.80 bits per heavy atom. The maximum Gasteiger partial charge on any atom is 0.349 e. The average Bonchev–Trinajstić information content (AvgIpc) is 2.68. The number of rotatable bonds is 3. The van der Waals surface area contributed by atoms with Crippen molar-refractivity contribution in [3.8, 4) is 17.6 Å². The predicted octanol–water partition coefficient (Wildman–Crippen LogP) is 3.58. The smallest absolute Gasteiger partial charge is 0.349 e. The molecule has 1 aliphatic heterocycles. The van der Waals surface area contributed by atoms with Gasteiger partial charge in [0.15, 0.2) is 0 Å². The molecule has 124 valence electrons. The summed E-state index contributed by atoms with van der Waals surface area (Å²) in [5.41, 5.74) is 1.88. The summed E-state index contributed by atoms with van der Waals surface area (Å²) in [5, 5.41) is 9.44. The molecule has 0 radical (unpaired) electrons. The van der Waals surface area contributed by atoms with Crippen molar-refractivity contribution in [3.63, 3.8) is 0 Å².